The van der Waals surface area contributed by atoms with Crippen molar-refractivity contribution in [1.82, 2.24) is 19.6 Å². The molecule has 4 rings (SSSR count). The number of thioether (sulfide) groups is 1. The van der Waals surface area contributed by atoms with Gasteiger partial charge in [-0.3, -0.25) is 4.79 Å². The van der Waals surface area contributed by atoms with E-state index >= 15 is 0 Å². The predicted molar refractivity (Wildman–Crippen MR) is 115 cm³/mol. The molecule has 0 spiro atoms. The second kappa shape index (κ2) is 8.35. The molecule has 8 heteroatoms. The van der Waals surface area contributed by atoms with Crippen molar-refractivity contribution in [3.63, 3.8) is 0 Å². The van der Waals surface area contributed by atoms with Gasteiger partial charge in [-0.1, -0.05) is 36.0 Å². The molecule has 2 aromatic heterocycles. The molecule has 1 N–H and O–H groups in total. The van der Waals surface area contributed by atoms with Gasteiger partial charge in [0.1, 0.15) is 0 Å². The highest BCUT2D eigenvalue weighted by Crippen LogP contribution is 2.23. The minimum absolute atomic E-state index is 0.225. The molecular weight excluding hydrogens is 396 g/mol. The summed E-state index contributed by atoms with van der Waals surface area (Å²) in [6.07, 6.45) is 0. The maximum Gasteiger partial charge on any atom is 0.255 e. The van der Waals surface area contributed by atoms with Crippen LogP contribution in [0.2, 0.25) is 0 Å². The van der Waals surface area contributed by atoms with Gasteiger partial charge in [-0.15, -0.1) is 5.10 Å². The Labute approximate surface area is 177 Å². The number of nitriles is 1. The van der Waals surface area contributed by atoms with Crippen LogP contribution in [-0.4, -0.2) is 25.5 Å². The molecule has 0 unspecified atom stereocenters. The first kappa shape index (κ1) is 19.6. The lowest BCUT2D eigenvalue weighted by molar-refractivity contribution is 0.102. The molecule has 2 heterocycles. The quantitative estimate of drug-likeness (QED) is 0.493. The monoisotopic (exact) mass is 414 g/mol. The SMILES string of the molecule is Cc1cc(C)n2nc(SCc3ccccc3C(=O)Nc3cccc(C#N)c3)nc2n1. The minimum Gasteiger partial charge on any atom is -0.322 e. The van der Waals surface area contributed by atoms with E-state index in [-0.39, 0.29) is 5.91 Å². The molecule has 0 saturated carbocycles. The maximum atomic E-state index is 12.8. The molecule has 0 radical (unpaired) electrons. The zero-order chi connectivity index (χ0) is 21.1. The minimum atomic E-state index is -0.225. The summed E-state index contributed by atoms with van der Waals surface area (Å²) in [7, 11) is 0. The topological polar surface area (TPSA) is 96.0 Å². The Hall–Kier alpha value is -3.70. The molecule has 0 atom stereocenters. The number of nitrogens with zero attached hydrogens (tertiary/aromatic N) is 5. The highest BCUT2D eigenvalue weighted by atomic mass is 32.2. The molecule has 4 aromatic rings. The number of benzene rings is 2. The van der Waals surface area contributed by atoms with Crippen LogP contribution in [0.4, 0.5) is 5.69 Å². The second-order valence-electron chi connectivity index (χ2n) is 6.74. The molecule has 1 amide bonds. The fourth-order valence-electron chi connectivity index (χ4n) is 3.08. The Balaban J connectivity index is 1.53. The van der Waals surface area contributed by atoms with Gasteiger partial charge in [0.15, 0.2) is 0 Å². The smallest absolute Gasteiger partial charge is 0.255 e. The molecule has 0 aliphatic carbocycles. The van der Waals surface area contributed by atoms with Gasteiger partial charge in [-0.2, -0.15) is 10.2 Å². The fourth-order valence-corrected chi connectivity index (χ4v) is 3.91. The van der Waals surface area contributed by atoms with Crippen molar-refractivity contribution in [3.05, 3.63) is 82.7 Å². The maximum absolute atomic E-state index is 12.8. The molecule has 0 fully saturated rings. The molecule has 7 nitrogen and oxygen atoms in total. The number of hydrogen-bond donors (Lipinski definition) is 1. The van der Waals surface area contributed by atoms with E-state index in [1.807, 2.05) is 38.1 Å². The standard InChI is InChI=1S/C22H18N6OS/c1-14-10-15(2)28-21(24-14)26-22(27-28)30-13-17-7-3-4-9-19(17)20(29)25-18-8-5-6-16(11-18)12-23/h3-11H,13H2,1-2H3,(H,25,29). The summed E-state index contributed by atoms with van der Waals surface area (Å²) < 4.78 is 1.72. The van der Waals surface area contributed by atoms with Crippen molar-refractivity contribution < 1.29 is 4.79 Å². The number of hydrogen-bond acceptors (Lipinski definition) is 6. The number of rotatable bonds is 5. The molecule has 0 saturated heterocycles. The van der Waals surface area contributed by atoms with Gasteiger partial charge in [-0.05, 0) is 49.7 Å². The lowest BCUT2D eigenvalue weighted by Crippen LogP contribution is -2.14. The first-order valence-corrected chi connectivity index (χ1v) is 10.3. The third-order valence-electron chi connectivity index (χ3n) is 4.47. The third-order valence-corrected chi connectivity index (χ3v) is 5.35. The van der Waals surface area contributed by atoms with Crippen molar-refractivity contribution in [2.45, 2.75) is 24.8 Å². The summed E-state index contributed by atoms with van der Waals surface area (Å²) >= 11 is 1.45. The van der Waals surface area contributed by atoms with E-state index in [1.165, 1.54) is 11.8 Å². The Kier molecular flexibility index (Phi) is 5.46. The van der Waals surface area contributed by atoms with Crippen molar-refractivity contribution in [3.8, 4) is 6.07 Å². The van der Waals surface area contributed by atoms with Gasteiger partial charge in [0.05, 0.1) is 11.6 Å². The lowest BCUT2D eigenvalue weighted by atomic mass is 10.1. The summed E-state index contributed by atoms with van der Waals surface area (Å²) in [5.74, 6) is 0.882. The van der Waals surface area contributed by atoms with E-state index in [2.05, 4.69) is 26.5 Å². The van der Waals surface area contributed by atoms with Crippen LogP contribution in [0.15, 0.2) is 59.8 Å². The van der Waals surface area contributed by atoms with E-state index in [4.69, 9.17) is 5.26 Å². The van der Waals surface area contributed by atoms with Crippen LogP contribution in [0, 0.1) is 25.2 Å². The van der Waals surface area contributed by atoms with E-state index in [9.17, 15) is 4.79 Å². The van der Waals surface area contributed by atoms with Crippen LogP contribution in [0.5, 0.6) is 0 Å². The highest BCUT2D eigenvalue weighted by molar-refractivity contribution is 7.98. The van der Waals surface area contributed by atoms with E-state index in [1.54, 1.807) is 34.8 Å². The molecule has 0 aliphatic heterocycles. The van der Waals surface area contributed by atoms with Gasteiger partial charge < -0.3 is 5.32 Å². The normalized spacial score (nSPS) is 10.7. The number of aryl methyl sites for hydroxylation is 2. The molecule has 2 aromatic carbocycles. The molecule has 0 aliphatic rings. The third kappa shape index (κ3) is 4.16. The molecule has 0 bridgehead atoms. The van der Waals surface area contributed by atoms with Crippen molar-refractivity contribution >= 4 is 29.1 Å². The average Bonchev–Trinajstić information content (AvgIpc) is 3.16. The summed E-state index contributed by atoms with van der Waals surface area (Å²) in [5, 5.41) is 17.0. The number of carbonyl (C=O) groups excluding carboxylic acids is 1. The second-order valence-corrected chi connectivity index (χ2v) is 7.68. The zero-order valence-corrected chi connectivity index (χ0v) is 17.3. The highest BCUT2D eigenvalue weighted by Gasteiger charge is 2.14. The summed E-state index contributed by atoms with van der Waals surface area (Å²) in [5.41, 5.74) is 4.38. The van der Waals surface area contributed by atoms with Crippen molar-refractivity contribution in [2.75, 3.05) is 5.32 Å². The number of aromatic nitrogens is 4. The predicted octanol–water partition coefficient (Wildman–Crippen LogP) is 4.16. The summed E-state index contributed by atoms with van der Waals surface area (Å²) in [6.45, 7) is 3.89. The number of anilines is 1. The Morgan fingerprint density at radius 2 is 1.97 bits per heavy atom. The van der Waals surface area contributed by atoms with Crippen molar-refractivity contribution in [2.24, 2.45) is 0 Å². The van der Waals surface area contributed by atoms with Gasteiger partial charge >= 0.3 is 0 Å². The Morgan fingerprint density at radius 3 is 2.80 bits per heavy atom. The van der Waals surface area contributed by atoms with Crippen molar-refractivity contribution in [1.29, 1.82) is 5.26 Å². The van der Waals surface area contributed by atoms with Gasteiger partial charge in [0, 0.05) is 28.4 Å². The Bertz CT molecular complexity index is 1290. The first-order chi connectivity index (χ1) is 14.5. The summed E-state index contributed by atoms with van der Waals surface area (Å²) in [6, 6.07) is 18.3. The molecule has 148 valence electrons. The number of carbonyl (C=O) groups is 1. The van der Waals surface area contributed by atoms with Crippen LogP contribution < -0.4 is 5.32 Å². The number of amides is 1. The average molecular weight is 414 g/mol. The van der Waals surface area contributed by atoms with Crippen LogP contribution in [0.3, 0.4) is 0 Å². The van der Waals surface area contributed by atoms with Crippen LogP contribution >= 0.6 is 11.8 Å². The Morgan fingerprint density at radius 1 is 1.13 bits per heavy atom. The summed E-state index contributed by atoms with van der Waals surface area (Å²) in [4.78, 5) is 21.7. The molecule has 30 heavy (non-hydrogen) atoms. The zero-order valence-electron chi connectivity index (χ0n) is 16.5. The van der Waals surface area contributed by atoms with Gasteiger partial charge in [0.2, 0.25) is 5.16 Å². The first-order valence-electron chi connectivity index (χ1n) is 9.27. The lowest BCUT2D eigenvalue weighted by Gasteiger charge is -2.09. The van der Waals surface area contributed by atoms with E-state index in [0.29, 0.717) is 33.5 Å². The molecular formula is C22H18N6OS. The largest absolute Gasteiger partial charge is 0.322 e. The fraction of sp³-hybridized carbons (Fsp3) is 0.136. The van der Waals surface area contributed by atoms with Crippen LogP contribution in [0.25, 0.3) is 5.78 Å². The van der Waals surface area contributed by atoms with E-state index in [0.717, 1.165) is 17.0 Å². The van der Waals surface area contributed by atoms with E-state index < -0.39 is 0 Å². The van der Waals surface area contributed by atoms with Gasteiger partial charge in [0.25, 0.3) is 11.7 Å². The van der Waals surface area contributed by atoms with Gasteiger partial charge in [-0.25, -0.2) is 9.50 Å². The number of nitrogens with one attached hydrogen (secondary N) is 1. The van der Waals surface area contributed by atoms with Crippen LogP contribution in [0.1, 0.15) is 32.9 Å². The number of fused-ring (bicyclic) bond motifs is 1. The van der Waals surface area contributed by atoms with Crippen LogP contribution in [-0.2, 0) is 5.75 Å².